The highest BCUT2D eigenvalue weighted by Gasteiger charge is 2.39. The Bertz CT molecular complexity index is 288. The number of allylic oxidation sites excluding steroid dienone is 1. The van der Waals surface area contributed by atoms with Crippen molar-refractivity contribution in [2.75, 3.05) is 6.54 Å². The van der Waals surface area contributed by atoms with E-state index in [1.54, 1.807) is 0 Å². The number of rotatable bonds is 0. The first-order valence-electron chi connectivity index (χ1n) is 4.00. The van der Waals surface area contributed by atoms with Gasteiger partial charge in [0.25, 0.3) is 0 Å². The van der Waals surface area contributed by atoms with E-state index >= 15 is 0 Å². The van der Waals surface area contributed by atoms with E-state index in [9.17, 15) is 0 Å². The van der Waals surface area contributed by atoms with Gasteiger partial charge >= 0.3 is 0 Å². The first-order chi connectivity index (χ1) is 5.39. The van der Waals surface area contributed by atoms with Gasteiger partial charge in [0, 0.05) is 18.7 Å². The van der Waals surface area contributed by atoms with Crippen LogP contribution in [0.15, 0.2) is 36.2 Å². The fourth-order valence-electron chi connectivity index (χ4n) is 2.00. The van der Waals surface area contributed by atoms with E-state index in [1.807, 2.05) is 0 Å². The molecule has 11 heavy (non-hydrogen) atoms. The minimum absolute atomic E-state index is 0.129. The molecule has 0 saturated heterocycles. The molecule has 0 aromatic carbocycles. The van der Waals surface area contributed by atoms with Crippen LogP contribution in [0.1, 0.15) is 6.42 Å². The maximum absolute atomic E-state index is 3.48. The van der Waals surface area contributed by atoms with Crippen LogP contribution in [-0.2, 0) is 0 Å². The fraction of sp³-hybridized carbons (Fsp3) is 0.333. The summed E-state index contributed by atoms with van der Waals surface area (Å²) in [4.78, 5) is 2.33. The molecular weight excluding hydrogens is 136 g/mol. The van der Waals surface area contributed by atoms with Gasteiger partial charge in [0.1, 0.15) is 5.66 Å². The first kappa shape index (κ1) is 5.47. The van der Waals surface area contributed by atoms with Crippen LogP contribution in [0.5, 0.6) is 0 Å². The van der Waals surface area contributed by atoms with E-state index in [0.29, 0.717) is 0 Å². The molecule has 56 valence electrons. The Hall–Kier alpha value is -1.18. The molecule has 2 nitrogen and oxygen atoms in total. The summed E-state index contributed by atoms with van der Waals surface area (Å²) < 4.78 is 0. The standard InChI is InChI=1S/C9H10N2/c1-4-9-5-2-8(10-9)3-7-11(9)6-1/h1-3,5-6,10H,4,7H2/t9-/m0/s1. The number of hydrogen-bond donors (Lipinski definition) is 1. The van der Waals surface area contributed by atoms with Gasteiger partial charge < -0.3 is 10.2 Å². The lowest BCUT2D eigenvalue weighted by Crippen LogP contribution is -2.52. The van der Waals surface area contributed by atoms with Crippen LogP contribution < -0.4 is 5.32 Å². The molecule has 0 aliphatic carbocycles. The quantitative estimate of drug-likeness (QED) is 0.547. The van der Waals surface area contributed by atoms with Gasteiger partial charge in [-0.05, 0) is 24.4 Å². The third-order valence-electron chi connectivity index (χ3n) is 2.63. The van der Waals surface area contributed by atoms with Gasteiger partial charge in [-0.25, -0.2) is 0 Å². The van der Waals surface area contributed by atoms with Crippen molar-refractivity contribution < 1.29 is 0 Å². The van der Waals surface area contributed by atoms with Crippen LogP contribution in [0.4, 0.5) is 0 Å². The Morgan fingerprint density at radius 2 is 2.55 bits per heavy atom. The fourth-order valence-corrected chi connectivity index (χ4v) is 2.00. The van der Waals surface area contributed by atoms with Gasteiger partial charge in [0.15, 0.2) is 0 Å². The van der Waals surface area contributed by atoms with Crippen molar-refractivity contribution in [3.63, 3.8) is 0 Å². The monoisotopic (exact) mass is 146 g/mol. The summed E-state index contributed by atoms with van der Waals surface area (Å²) >= 11 is 0. The Labute approximate surface area is 65.9 Å². The molecular formula is C9H10N2. The van der Waals surface area contributed by atoms with Gasteiger partial charge in [-0.3, -0.25) is 0 Å². The van der Waals surface area contributed by atoms with Crippen molar-refractivity contribution in [1.82, 2.24) is 10.2 Å². The van der Waals surface area contributed by atoms with E-state index in [4.69, 9.17) is 0 Å². The van der Waals surface area contributed by atoms with Crippen molar-refractivity contribution >= 4 is 0 Å². The third kappa shape index (κ3) is 0.530. The zero-order chi connectivity index (χ0) is 7.31. The Morgan fingerprint density at radius 1 is 1.55 bits per heavy atom. The van der Waals surface area contributed by atoms with Crippen molar-refractivity contribution in [1.29, 1.82) is 0 Å². The lowest BCUT2D eigenvalue weighted by molar-refractivity contribution is 0.205. The van der Waals surface area contributed by atoms with E-state index < -0.39 is 0 Å². The zero-order valence-corrected chi connectivity index (χ0v) is 6.25. The van der Waals surface area contributed by atoms with Crippen molar-refractivity contribution in [3.05, 3.63) is 36.2 Å². The van der Waals surface area contributed by atoms with Gasteiger partial charge in [-0.2, -0.15) is 0 Å². The molecule has 0 aromatic heterocycles. The van der Waals surface area contributed by atoms with Crippen molar-refractivity contribution in [2.45, 2.75) is 12.1 Å². The van der Waals surface area contributed by atoms with E-state index in [-0.39, 0.29) is 5.66 Å². The van der Waals surface area contributed by atoms with Crippen molar-refractivity contribution in [2.24, 2.45) is 0 Å². The Kier molecular flexibility index (Phi) is 0.757. The molecule has 3 aliphatic heterocycles. The Balaban J connectivity index is 2.13. The van der Waals surface area contributed by atoms with E-state index in [2.05, 4.69) is 40.7 Å². The topological polar surface area (TPSA) is 15.3 Å². The highest BCUT2D eigenvalue weighted by atomic mass is 15.3. The molecule has 0 amide bonds. The average molecular weight is 146 g/mol. The average Bonchev–Trinajstić information content (AvgIpc) is 2.58. The lowest BCUT2D eigenvalue weighted by Gasteiger charge is -2.37. The third-order valence-corrected chi connectivity index (χ3v) is 2.63. The van der Waals surface area contributed by atoms with Gasteiger partial charge in [0.05, 0.1) is 0 Å². The number of fused-ring (bicyclic) bond motifs is 1. The first-order valence-corrected chi connectivity index (χ1v) is 4.00. The maximum atomic E-state index is 3.48. The molecule has 1 atom stereocenters. The lowest BCUT2D eigenvalue weighted by atomic mass is 10.1. The van der Waals surface area contributed by atoms with Crippen LogP contribution >= 0.6 is 0 Å². The summed E-state index contributed by atoms with van der Waals surface area (Å²) in [6.07, 6.45) is 12.1. The van der Waals surface area contributed by atoms with Crippen LogP contribution in [-0.4, -0.2) is 17.1 Å². The predicted molar refractivity (Wildman–Crippen MR) is 43.6 cm³/mol. The van der Waals surface area contributed by atoms with Crippen molar-refractivity contribution in [3.8, 4) is 0 Å². The highest BCUT2D eigenvalue weighted by Crippen LogP contribution is 2.34. The zero-order valence-electron chi connectivity index (χ0n) is 6.25. The minimum atomic E-state index is 0.129. The summed E-state index contributed by atoms with van der Waals surface area (Å²) in [5, 5.41) is 3.48. The van der Waals surface area contributed by atoms with E-state index in [0.717, 1.165) is 13.0 Å². The largest absolute Gasteiger partial charge is 0.359 e. The molecule has 2 bridgehead atoms. The molecule has 3 heterocycles. The summed E-state index contributed by atoms with van der Waals surface area (Å²) in [7, 11) is 0. The molecule has 0 unspecified atom stereocenters. The number of nitrogens with one attached hydrogen (secondary N) is 1. The van der Waals surface area contributed by atoms with Gasteiger partial charge in [-0.15, -0.1) is 0 Å². The summed E-state index contributed by atoms with van der Waals surface area (Å²) in [5.74, 6) is 0. The summed E-state index contributed by atoms with van der Waals surface area (Å²) in [6.45, 7) is 1.05. The number of nitrogens with zero attached hydrogens (tertiary/aromatic N) is 1. The molecule has 2 heteroatoms. The molecule has 0 saturated carbocycles. The maximum Gasteiger partial charge on any atom is 0.133 e. The molecule has 0 radical (unpaired) electrons. The van der Waals surface area contributed by atoms with Gasteiger partial charge in [-0.1, -0.05) is 6.08 Å². The normalized spacial score (nSPS) is 37.1. The van der Waals surface area contributed by atoms with Crippen LogP contribution in [0.25, 0.3) is 0 Å². The van der Waals surface area contributed by atoms with Crippen LogP contribution in [0, 0.1) is 0 Å². The smallest absolute Gasteiger partial charge is 0.133 e. The Morgan fingerprint density at radius 3 is 3.55 bits per heavy atom. The molecule has 1 N–H and O–H groups in total. The second kappa shape index (κ2) is 1.52. The molecule has 3 aliphatic rings. The summed E-state index contributed by atoms with van der Waals surface area (Å²) in [6, 6.07) is 0. The minimum Gasteiger partial charge on any atom is -0.359 e. The van der Waals surface area contributed by atoms with E-state index in [1.165, 1.54) is 5.70 Å². The molecule has 1 spiro atoms. The molecule has 3 rings (SSSR count). The van der Waals surface area contributed by atoms with Crippen LogP contribution in [0.3, 0.4) is 0 Å². The molecule has 0 fully saturated rings. The SMILES string of the molecule is C1=CN2CC=C3C=C[C@@]2(C1)N3. The van der Waals surface area contributed by atoms with Gasteiger partial charge in [0.2, 0.25) is 0 Å². The number of hydrogen-bond acceptors (Lipinski definition) is 2. The highest BCUT2D eigenvalue weighted by molar-refractivity contribution is 5.37. The molecule has 0 aromatic rings. The second-order valence-electron chi connectivity index (χ2n) is 3.28. The summed E-state index contributed by atoms with van der Waals surface area (Å²) in [5.41, 5.74) is 1.41. The van der Waals surface area contributed by atoms with Crippen LogP contribution in [0.2, 0.25) is 0 Å². The second-order valence-corrected chi connectivity index (χ2v) is 3.28. The predicted octanol–water partition coefficient (Wildman–Crippen LogP) is 0.959.